The molecule has 0 bridgehead atoms. The van der Waals surface area contributed by atoms with Gasteiger partial charge in [0, 0.05) is 23.1 Å². The van der Waals surface area contributed by atoms with Gasteiger partial charge in [-0.3, -0.25) is 9.71 Å². The first kappa shape index (κ1) is 24.5. The average Bonchev–Trinajstić information content (AvgIpc) is 3.49. The normalized spacial score (nSPS) is 17.4. The van der Waals surface area contributed by atoms with E-state index in [0.29, 0.717) is 27.9 Å². The van der Waals surface area contributed by atoms with E-state index in [4.69, 9.17) is 16.6 Å². The number of nitrogens with zero attached hydrogens (tertiary/aromatic N) is 2. The SMILES string of the molecule is CS(=O)(=O)Nc1ccc(N2C(=S)N[C@H](c3ccccn3)[C@H]2c2ccc(-c3cccc(C(=O)O)c3)o2)cc1. The van der Waals surface area contributed by atoms with Crippen LogP contribution < -0.4 is 14.9 Å². The van der Waals surface area contributed by atoms with Crippen molar-refractivity contribution in [3.63, 3.8) is 0 Å². The maximum absolute atomic E-state index is 11.6. The largest absolute Gasteiger partial charge is 0.478 e. The van der Waals surface area contributed by atoms with Gasteiger partial charge in [0.05, 0.1) is 23.6 Å². The molecule has 188 valence electrons. The van der Waals surface area contributed by atoms with Crippen molar-refractivity contribution in [1.82, 2.24) is 10.3 Å². The first-order valence-electron chi connectivity index (χ1n) is 11.2. The van der Waals surface area contributed by atoms with Crippen LogP contribution in [-0.2, 0) is 10.0 Å². The molecule has 37 heavy (non-hydrogen) atoms. The van der Waals surface area contributed by atoms with Crippen molar-refractivity contribution in [3.8, 4) is 11.3 Å². The van der Waals surface area contributed by atoms with Crippen LogP contribution in [0.1, 0.15) is 33.9 Å². The number of sulfonamides is 1. The number of thiocarbonyl (C=S) groups is 1. The van der Waals surface area contributed by atoms with E-state index < -0.39 is 22.0 Å². The van der Waals surface area contributed by atoms with Gasteiger partial charge in [0.1, 0.15) is 17.6 Å². The zero-order chi connectivity index (χ0) is 26.2. The van der Waals surface area contributed by atoms with Gasteiger partial charge in [-0.1, -0.05) is 18.2 Å². The maximum Gasteiger partial charge on any atom is 0.335 e. The number of aromatic carboxylic acids is 1. The molecule has 2 aromatic heterocycles. The zero-order valence-electron chi connectivity index (χ0n) is 19.5. The minimum absolute atomic E-state index is 0.162. The first-order chi connectivity index (χ1) is 17.7. The van der Waals surface area contributed by atoms with Crippen molar-refractivity contribution in [2.75, 3.05) is 15.9 Å². The highest BCUT2D eigenvalue weighted by atomic mass is 32.2. The topological polar surface area (TPSA) is 125 Å². The molecule has 9 nitrogen and oxygen atoms in total. The molecule has 0 spiro atoms. The quantitative estimate of drug-likeness (QED) is 0.292. The molecular weight excluding hydrogens is 512 g/mol. The van der Waals surface area contributed by atoms with Gasteiger partial charge in [0.2, 0.25) is 10.0 Å². The lowest BCUT2D eigenvalue weighted by atomic mass is 10.0. The van der Waals surface area contributed by atoms with Crippen LogP contribution in [0.5, 0.6) is 0 Å². The summed E-state index contributed by atoms with van der Waals surface area (Å²) in [5, 5.41) is 13.2. The van der Waals surface area contributed by atoms with E-state index in [-0.39, 0.29) is 11.6 Å². The molecule has 1 fully saturated rings. The average molecular weight is 535 g/mol. The number of furan rings is 1. The van der Waals surface area contributed by atoms with Crippen molar-refractivity contribution in [1.29, 1.82) is 0 Å². The number of aromatic nitrogens is 1. The Morgan fingerprint density at radius 2 is 1.86 bits per heavy atom. The molecular formula is C26H22N4O5S2. The minimum atomic E-state index is -3.41. The Bertz CT molecular complexity index is 1570. The van der Waals surface area contributed by atoms with Crippen molar-refractivity contribution in [3.05, 3.63) is 102 Å². The highest BCUT2D eigenvalue weighted by Crippen LogP contribution is 2.43. The van der Waals surface area contributed by atoms with Crippen molar-refractivity contribution in [2.24, 2.45) is 0 Å². The summed E-state index contributed by atoms with van der Waals surface area (Å²) in [5.74, 6) is 0.0922. The number of anilines is 2. The van der Waals surface area contributed by atoms with Gasteiger partial charge < -0.3 is 19.7 Å². The first-order valence-corrected chi connectivity index (χ1v) is 13.5. The van der Waals surface area contributed by atoms with Crippen LogP contribution in [0.4, 0.5) is 11.4 Å². The highest BCUT2D eigenvalue weighted by molar-refractivity contribution is 7.92. The lowest BCUT2D eigenvalue weighted by Crippen LogP contribution is -2.29. The number of pyridine rings is 1. The molecule has 11 heteroatoms. The number of carboxylic acids is 1. The number of rotatable bonds is 7. The Kier molecular flexibility index (Phi) is 6.40. The predicted octanol–water partition coefficient (Wildman–Crippen LogP) is 4.59. The molecule has 3 heterocycles. The van der Waals surface area contributed by atoms with Crippen LogP contribution in [-0.4, -0.2) is 35.8 Å². The van der Waals surface area contributed by atoms with Crippen molar-refractivity contribution < 1.29 is 22.7 Å². The number of nitrogens with one attached hydrogen (secondary N) is 2. The predicted molar refractivity (Wildman–Crippen MR) is 144 cm³/mol. The monoisotopic (exact) mass is 534 g/mol. The molecule has 0 aliphatic carbocycles. The number of benzene rings is 2. The van der Waals surface area contributed by atoms with Gasteiger partial charge in [-0.2, -0.15) is 0 Å². The Hall–Kier alpha value is -4.22. The molecule has 1 saturated heterocycles. The molecule has 4 aromatic rings. The molecule has 1 aliphatic rings. The number of carboxylic acid groups (broad SMARTS) is 1. The standard InChI is InChI=1S/C26H22N4O5S2/c1-37(33,34)29-18-8-10-19(11-9-18)30-24(23(28-26(30)36)20-7-2-3-14-27-20)22-13-12-21(35-22)16-5-4-6-17(15-16)25(31)32/h2-15,23-24,29H,1H3,(H,28,36)(H,31,32)/t23-,24-/m1/s1. The number of hydrogen-bond acceptors (Lipinski definition) is 6. The van der Waals surface area contributed by atoms with Gasteiger partial charge in [-0.25, -0.2) is 13.2 Å². The van der Waals surface area contributed by atoms with Crippen LogP contribution in [0, 0.1) is 0 Å². The fourth-order valence-corrected chi connectivity index (χ4v) is 5.21. The van der Waals surface area contributed by atoms with Crippen LogP contribution in [0.25, 0.3) is 11.3 Å². The van der Waals surface area contributed by atoms with E-state index in [1.54, 1.807) is 54.7 Å². The van der Waals surface area contributed by atoms with Crippen molar-refractivity contribution in [2.45, 2.75) is 12.1 Å². The van der Waals surface area contributed by atoms with Gasteiger partial charge >= 0.3 is 5.97 Å². The van der Waals surface area contributed by atoms with E-state index in [1.165, 1.54) is 6.07 Å². The van der Waals surface area contributed by atoms with Crippen LogP contribution in [0.2, 0.25) is 0 Å². The van der Waals surface area contributed by atoms with Gasteiger partial charge in [-0.05, 0) is 72.9 Å². The molecule has 5 rings (SSSR count). The molecule has 0 radical (unpaired) electrons. The highest BCUT2D eigenvalue weighted by Gasteiger charge is 2.42. The molecule has 2 atom stereocenters. The van der Waals surface area contributed by atoms with E-state index >= 15 is 0 Å². The molecule has 0 saturated carbocycles. The minimum Gasteiger partial charge on any atom is -0.478 e. The fraction of sp³-hybridized carbons (Fsp3) is 0.115. The third-order valence-electron chi connectivity index (χ3n) is 5.86. The summed E-state index contributed by atoms with van der Waals surface area (Å²) in [4.78, 5) is 17.8. The fourth-order valence-electron chi connectivity index (χ4n) is 4.30. The molecule has 1 aliphatic heterocycles. The van der Waals surface area contributed by atoms with Gasteiger partial charge in [0.25, 0.3) is 0 Å². The lowest BCUT2D eigenvalue weighted by molar-refractivity contribution is 0.0697. The maximum atomic E-state index is 11.6. The van der Waals surface area contributed by atoms with Gasteiger partial charge in [-0.15, -0.1) is 0 Å². The van der Waals surface area contributed by atoms with E-state index in [0.717, 1.165) is 17.6 Å². The van der Waals surface area contributed by atoms with Crippen LogP contribution in [0.15, 0.2) is 89.5 Å². The second-order valence-corrected chi connectivity index (χ2v) is 10.6. The number of hydrogen-bond donors (Lipinski definition) is 3. The lowest BCUT2D eigenvalue weighted by Gasteiger charge is -2.26. The summed E-state index contributed by atoms with van der Waals surface area (Å²) in [5.41, 5.74) is 2.72. The third-order valence-corrected chi connectivity index (χ3v) is 6.78. The summed E-state index contributed by atoms with van der Waals surface area (Å²) in [6, 6.07) is 21.9. The van der Waals surface area contributed by atoms with E-state index in [9.17, 15) is 18.3 Å². The second-order valence-electron chi connectivity index (χ2n) is 8.51. The summed E-state index contributed by atoms with van der Waals surface area (Å²) in [6.07, 6.45) is 2.80. The van der Waals surface area contributed by atoms with E-state index in [2.05, 4.69) is 15.0 Å². The third kappa shape index (κ3) is 5.18. The smallest absolute Gasteiger partial charge is 0.335 e. The zero-order valence-corrected chi connectivity index (χ0v) is 21.2. The Labute approximate surface area is 218 Å². The Morgan fingerprint density at radius 1 is 1.08 bits per heavy atom. The number of carbonyl (C=O) groups is 1. The Balaban J connectivity index is 1.55. The van der Waals surface area contributed by atoms with Gasteiger partial charge in [0.15, 0.2) is 5.11 Å². The molecule has 0 unspecified atom stereocenters. The second kappa shape index (κ2) is 9.68. The summed E-state index contributed by atoms with van der Waals surface area (Å²) < 4.78 is 31.9. The Morgan fingerprint density at radius 3 is 2.54 bits per heavy atom. The van der Waals surface area contributed by atoms with E-state index in [1.807, 2.05) is 29.2 Å². The van der Waals surface area contributed by atoms with Crippen molar-refractivity contribution >= 4 is 44.7 Å². The molecule has 0 amide bonds. The summed E-state index contributed by atoms with van der Waals surface area (Å²) in [6.45, 7) is 0. The van der Waals surface area contributed by atoms with Crippen LogP contribution >= 0.6 is 12.2 Å². The molecule has 3 N–H and O–H groups in total. The molecule has 2 aromatic carbocycles. The van der Waals surface area contributed by atoms with Crippen LogP contribution in [0.3, 0.4) is 0 Å². The summed E-state index contributed by atoms with van der Waals surface area (Å²) >= 11 is 5.71. The summed E-state index contributed by atoms with van der Waals surface area (Å²) in [7, 11) is -3.41.